The van der Waals surface area contributed by atoms with Crippen molar-refractivity contribution in [3.05, 3.63) is 42.0 Å². The monoisotopic (exact) mass is 272 g/mol. The Morgan fingerprint density at radius 1 is 0.900 bits per heavy atom. The van der Waals surface area contributed by atoms with Gasteiger partial charge in [-0.1, -0.05) is 24.3 Å². The number of ether oxygens (including phenoxy) is 2. The van der Waals surface area contributed by atoms with Crippen molar-refractivity contribution in [2.24, 2.45) is 0 Å². The smallest absolute Gasteiger partial charge is 0.233 e. The van der Waals surface area contributed by atoms with E-state index in [-0.39, 0.29) is 12.2 Å². The summed E-state index contributed by atoms with van der Waals surface area (Å²) in [5.41, 5.74) is 3.00. The molecule has 0 N–H and O–H groups in total. The van der Waals surface area contributed by atoms with Gasteiger partial charge in [-0.2, -0.15) is 0 Å². The molecule has 4 heteroatoms. The van der Waals surface area contributed by atoms with Gasteiger partial charge in [-0.25, -0.2) is 0 Å². The molecule has 2 rings (SSSR count). The van der Waals surface area contributed by atoms with Crippen molar-refractivity contribution >= 4 is 0 Å². The van der Waals surface area contributed by atoms with Crippen LogP contribution in [0, 0.1) is 0 Å². The van der Waals surface area contributed by atoms with E-state index in [0.717, 1.165) is 16.8 Å². The Morgan fingerprint density at radius 3 is 2.10 bits per heavy atom. The van der Waals surface area contributed by atoms with E-state index < -0.39 is 0 Å². The molecule has 1 aromatic carbocycles. The first-order valence-electron chi connectivity index (χ1n) is 6.73. The molecule has 0 spiro atoms. The van der Waals surface area contributed by atoms with Crippen LogP contribution in [0.1, 0.15) is 32.4 Å². The molecule has 2 aromatic rings. The Morgan fingerprint density at radius 2 is 1.60 bits per heavy atom. The van der Waals surface area contributed by atoms with Crippen LogP contribution in [-0.4, -0.2) is 23.4 Å². The summed E-state index contributed by atoms with van der Waals surface area (Å²) in [6.45, 7) is 5.95. The molecule has 0 unspecified atom stereocenters. The highest BCUT2D eigenvalue weighted by molar-refractivity contribution is 5.59. The summed E-state index contributed by atoms with van der Waals surface area (Å²) in [7, 11) is 1.71. The van der Waals surface area contributed by atoms with Crippen molar-refractivity contribution in [3.63, 3.8) is 0 Å². The number of hydrogen-bond donors (Lipinski definition) is 0. The zero-order chi connectivity index (χ0) is 14.5. The SMILES string of the molecule is CO[C@@H](C)c1ccc(-c2ccc(OC(C)C)nn2)cc1. The van der Waals surface area contributed by atoms with E-state index in [2.05, 4.69) is 10.2 Å². The third-order valence-electron chi connectivity index (χ3n) is 3.03. The van der Waals surface area contributed by atoms with Crippen molar-refractivity contribution in [1.82, 2.24) is 10.2 Å². The van der Waals surface area contributed by atoms with Gasteiger partial charge in [0.05, 0.1) is 17.9 Å². The minimum atomic E-state index is 0.0944. The summed E-state index contributed by atoms with van der Waals surface area (Å²) in [4.78, 5) is 0. The second-order valence-corrected chi connectivity index (χ2v) is 4.92. The predicted octanol–water partition coefficient (Wildman–Crippen LogP) is 3.64. The first-order valence-corrected chi connectivity index (χ1v) is 6.73. The van der Waals surface area contributed by atoms with Crippen molar-refractivity contribution in [3.8, 4) is 17.1 Å². The average molecular weight is 272 g/mol. The van der Waals surface area contributed by atoms with E-state index >= 15 is 0 Å². The largest absolute Gasteiger partial charge is 0.474 e. The molecule has 0 amide bonds. The lowest BCUT2D eigenvalue weighted by molar-refractivity contribution is 0.119. The van der Waals surface area contributed by atoms with Gasteiger partial charge in [0.25, 0.3) is 0 Å². The highest BCUT2D eigenvalue weighted by Gasteiger charge is 2.06. The highest BCUT2D eigenvalue weighted by Crippen LogP contribution is 2.22. The van der Waals surface area contributed by atoms with Crippen molar-refractivity contribution in [2.45, 2.75) is 33.0 Å². The fourth-order valence-electron chi connectivity index (χ4n) is 1.84. The summed E-state index contributed by atoms with van der Waals surface area (Å²) in [6.07, 6.45) is 0.196. The summed E-state index contributed by atoms with van der Waals surface area (Å²) in [5, 5.41) is 8.26. The summed E-state index contributed by atoms with van der Waals surface area (Å²) < 4.78 is 10.8. The molecule has 1 heterocycles. The quantitative estimate of drug-likeness (QED) is 0.833. The number of aromatic nitrogens is 2. The van der Waals surface area contributed by atoms with E-state index in [1.807, 2.05) is 57.2 Å². The molecular weight excluding hydrogens is 252 g/mol. The Labute approximate surface area is 119 Å². The normalized spacial score (nSPS) is 12.4. The number of hydrogen-bond acceptors (Lipinski definition) is 4. The van der Waals surface area contributed by atoms with Crippen molar-refractivity contribution in [1.29, 1.82) is 0 Å². The summed E-state index contributed by atoms with van der Waals surface area (Å²) in [6, 6.07) is 11.9. The fourth-order valence-corrected chi connectivity index (χ4v) is 1.84. The molecule has 0 aliphatic rings. The van der Waals surface area contributed by atoms with E-state index in [9.17, 15) is 0 Å². The van der Waals surface area contributed by atoms with E-state index in [4.69, 9.17) is 9.47 Å². The van der Waals surface area contributed by atoms with Crippen LogP contribution >= 0.6 is 0 Å². The van der Waals surface area contributed by atoms with Crippen LogP contribution in [0.5, 0.6) is 5.88 Å². The maximum atomic E-state index is 5.48. The van der Waals surface area contributed by atoms with Crippen LogP contribution in [0.4, 0.5) is 0 Å². The van der Waals surface area contributed by atoms with Crippen molar-refractivity contribution < 1.29 is 9.47 Å². The second-order valence-electron chi connectivity index (χ2n) is 4.92. The average Bonchev–Trinajstić information content (AvgIpc) is 2.47. The zero-order valence-corrected chi connectivity index (χ0v) is 12.3. The molecule has 0 aliphatic heterocycles. The van der Waals surface area contributed by atoms with Gasteiger partial charge >= 0.3 is 0 Å². The van der Waals surface area contributed by atoms with Crippen LogP contribution in [0.25, 0.3) is 11.3 Å². The molecule has 0 fully saturated rings. The molecule has 0 saturated carbocycles. The standard InChI is InChI=1S/C16H20N2O2/c1-11(2)20-16-10-9-15(17-18-16)14-7-5-13(6-8-14)12(3)19-4/h5-12H,1-4H3/t12-/m0/s1. The van der Waals surface area contributed by atoms with E-state index in [1.165, 1.54) is 0 Å². The zero-order valence-electron chi connectivity index (χ0n) is 12.3. The first kappa shape index (κ1) is 14.5. The number of rotatable bonds is 5. The molecule has 1 atom stereocenters. The van der Waals surface area contributed by atoms with E-state index in [0.29, 0.717) is 5.88 Å². The molecular formula is C16H20N2O2. The number of methoxy groups -OCH3 is 1. The molecule has 4 nitrogen and oxygen atoms in total. The maximum Gasteiger partial charge on any atom is 0.233 e. The van der Waals surface area contributed by atoms with Crippen LogP contribution in [0.2, 0.25) is 0 Å². The molecule has 1 aromatic heterocycles. The number of benzene rings is 1. The second kappa shape index (κ2) is 6.48. The molecule has 106 valence electrons. The molecule has 20 heavy (non-hydrogen) atoms. The van der Waals surface area contributed by atoms with Gasteiger partial charge in [-0.3, -0.25) is 0 Å². The Bertz CT molecular complexity index is 535. The van der Waals surface area contributed by atoms with Crippen LogP contribution in [0.15, 0.2) is 36.4 Å². The summed E-state index contributed by atoms with van der Waals surface area (Å²) in [5.74, 6) is 0.549. The first-order chi connectivity index (χ1) is 9.60. The van der Waals surface area contributed by atoms with Crippen LogP contribution < -0.4 is 4.74 Å². The lowest BCUT2D eigenvalue weighted by atomic mass is 10.1. The van der Waals surface area contributed by atoms with Crippen LogP contribution in [0.3, 0.4) is 0 Å². The van der Waals surface area contributed by atoms with Gasteiger partial charge in [-0.15, -0.1) is 10.2 Å². The van der Waals surface area contributed by atoms with Crippen molar-refractivity contribution in [2.75, 3.05) is 7.11 Å². The third-order valence-corrected chi connectivity index (χ3v) is 3.03. The van der Waals surface area contributed by atoms with Crippen LogP contribution in [-0.2, 0) is 4.74 Å². The highest BCUT2D eigenvalue weighted by atomic mass is 16.5. The number of nitrogens with zero attached hydrogens (tertiary/aromatic N) is 2. The molecule has 0 radical (unpaired) electrons. The Kier molecular flexibility index (Phi) is 4.69. The van der Waals surface area contributed by atoms with Gasteiger partial charge in [0, 0.05) is 18.7 Å². The van der Waals surface area contributed by atoms with Gasteiger partial charge in [0.15, 0.2) is 0 Å². The van der Waals surface area contributed by atoms with Gasteiger partial charge < -0.3 is 9.47 Å². The topological polar surface area (TPSA) is 44.2 Å². The predicted molar refractivity (Wildman–Crippen MR) is 78.7 cm³/mol. The lowest BCUT2D eigenvalue weighted by Crippen LogP contribution is -2.07. The van der Waals surface area contributed by atoms with E-state index in [1.54, 1.807) is 7.11 Å². The van der Waals surface area contributed by atoms with Gasteiger partial charge in [-0.05, 0) is 32.4 Å². The third kappa shape index (κ3) is 3.54. The fraction of sp³-hybridized carbons (Fsp3) is 0.375. The maximum absolute atomic E-state index is 5.48. The summed E-state index contributed by atoms with van der Waals surface area (Å²) >= 11 is 0. The lowest BCUT2D eigenvalue weighted by Gasteiger charge is -2.10. The molecule has 0 saturated heterocycles. The molecule has 0 aliphatic carbocycles. The van der Waals surface area contributed by atoms with Gasteiger partial charge in [0.2, 0.25) is 5.88 Å². The minimum Gasteiger partial charge on any atom is -0.474 e. The minimum absolute atomic E-state index is 0.0944. The molecule has 0 bridgehead atoms. The Balaban J connectivity index is 2.15. The van der Waals surface area contributed by atoms with Gasteiger partial charge in [0.1, 0.15) is 0 Å². The Hall–Kier alpha value is -1.94.